The molecule has 0 aliphatic rings. The van der Waals surface area contributed by atoms with Gasteiger partial charge in [0.05, 0.1) is 11.1 Å². The third kappa shape index (κ3) is 1.60. The Hall–Kier alpha value is -1.23. The van der Waals surface area contributed by atoms with Crippen LogP contribution in [0.4, 0.5) is 5.69 Å². The van der Waals surface area contributed by atoms with Crippen molar-refractivity contribution in [2.24, 2.45) is 0 Å². The summed E-state index contributed by atoms with van der Waals surface area (Å²) in [6, 6.07) is 3.89. The van der Waals surface area contributed by atoms with Crippen LogP contribution in [0.5, 0.6) is 0 Å². The molecule has 13 heavy (non-hydrogen) atoms. The number of fused-ring (bicyclic) bond motifs is 1. The maximum absolute atomic E-state index is 4.25. The lowest BCUT2D eigenvalue weighted by Gasteiger charge is -2.08. The molecule has 2 heterocycles. The summed E-state index contributed by atoms with van der Waals surface area (Å²) in [6.45, 7) is 1.96. The minimum atomic E-state index is 0.0999. The molecule has 1 unspecified atom stereocenters. The molecular formula is C8H10N4S. The standard InChI is InChI=1S/C8H10N4S/c1-6(13)10-7-3-2-4-12-5-9-11-8(7)12/h2-6,10,13H,1H3. The van der Waals surface area contributed by atoms with Gasteiger partial charge in [-0.15, -0.1) is 10.2 Å². The van der Waals surface area contributed by atoms with E-state index in [0.717, 1.165) is 11.3 Å². The smallest absolute Gasteiger partial charge is 0.184 e. The molecule has 0 spiro atoms. The Morgan fingerprint density at radius 3 is 3.23 bits per heavy atom. The summed E-state index contributed by atoms with van der Waals surface area (Å²) in [6.07, 6.45) is 3.58. The zero-order valence-corrected chi connectivity index (χ0v) is 8.07. The van der Waals surface area contributed by atoms with Crippen LogP contribution >= 0.6 is 12.6 Å². The first kappa shape index (κ1) is 8.37. The maximum Gasteiger partial charge on any atom is 0.184 e. The van der Waals surface area contributed by atoms with Crippen molar-refractivity contribution in [3.63, 3.8) is 0 Å². The van der Waals surface area contributed by atoms with E-state index in [1.807, 2.05) is 29.7 Å². The van der Waals surface area contributed by atoms with Gasteiger partial charge in [0.15, 0.2) is 5.65 Å². The average molecular weight is 194 g/mol. The fourth-order valence-corrected chi connectivity index (χ4v) is 1.33. The number of anilines is 1. The van der Waals surface area contributed by atoms with E-state index in [9.17, 15) is 0 Å². The largest absolute Gasteiger partial charge is 0.371 e. The molecule has 0 aliphatic carbocycles. The van der Waals surface area contributed by atoms with Crippen molar-refractivity contribution in [3.05, 3.63) is 24.7 Å². The number of thiol groups is 1. The van der Waals surface area contributed by atoms with Crippen molar-refractivity contribution in [1.29, 1.82) is 0 Å². The molecule has 2 aromatic rings. The Morgan fingerprint density at radius 1 is 1.62 bits per heavy atom. The van der Waals surface area contributed by atoms with E-state index in [0.29, 0.717) is 0 Å². The molecule has 68 valence electrons. The Morgan fingerprint density at radius 2 is 2.46 bits per heavy atom. The van der Waals surface area contributed by atoms with Crippen molar-refractivity contribution in [3.8, 4) is 0 Å². The van der Waals surface area contributed by atoms with Gasteiger partial charge in [-0.05, 0) is 19.1 Å². The molecule has 0 bridgehead atoms. The predicted molar refractivity (Wildman–Crippen MR) is 55.1 cm³/mol. The molecule has 0 aliphatic heterocycles. The number of rotatable bonds is 2. The van der Waals surface area contributed by atoms with Crippen molar-refractivity contribution in [2.45, 2.75) is 12.3 Å². The van der Waals surface area contributed by atoms with E-state index in [4.69, 9.17) is 0 Å². The van der Waals surface area contributed by atoms with Crippen molar-refractivity contribution < 1.29 is 0 Å². The molecule has 0 saturated heterocycles. The summed E-state index contributed by atoms with van der Waals surface area (Å²) in [5.74, 6) is 0. The van der Waals surface area contributed by atoms with Crippen LogP contribution < -0.4 is 5.32 Å². The number of pyridine rings is 1. The zero-order valence-electron chi connectivity index (χ0n) is 7.18. The Bertz CT molecular complexity index is 409. The molecule has 0 aromatic carbocycles. The van der Waals surface area contributed by atoms with Crippen molar-refractivity contribution in [1.82, 2.24) is 14.6 Å². The normalized spacial score (nSPS) is 13.1. The molecule has 1 N–H and O–H groups in total. The Kier molecular flexibility index (Phi) is 2.10. The number of nitrogens with one attached hydrogen (secondary N) is 1. The minimum Gasteiger partial charge on any atom is -0.371 e. The molecular weight excluding hydrogens is 184 g/mol. The number of nitrogens with zero attached hydrogens (tertiary/aromatic N) is 3. The number of hydrogen-bond donors (Lipinski definition) is 2. The molecule has 1 atom stereocenters. The first-order valence-electron chi connectivity index (χ1n) is 4.00. The molecule has 0 saturated carbocycles. The van der Waals surface area contributed by atoms with Gasteiger partial charge in [0, 0.05) is 6.20 Å². The maximum atomic E-state index is 4.25. The molecule has 0 amide bonds. The number of hydrogen-bond acceptors (Lipinski definition) is 4. The summed E-state index contributed by atoms with van der Waals surface area (Å²) >= 11 is 4.25. The molecule has 0 radical (unpaired) electrons. The van der Waals surface area contributed by atoms with Gasteiger partial charge >= 0.3 is 0 Å². The van der Waals surface area contributed by atoms with Crippen LogP contribution in [0, 0.1) is 0 Å². The van der Waals surface area contributed by atoms with Gasteiger partial charge in [-0.1, -0.05) is 0 Å². The van der Waals surface area contributed by atoms with E-state index < -0.39 is 0 Å². The molecule has 4 nitrogen and oxygen atoms in total. The van der Waals surface area contributed by atoms with E-state index in [2.05, 4.69) is 28.1 Å². The topological polar surface area (TPSA) is 42.2 Å². The second-order valence-electron chi connectivity index (χ2n) is 2.80. The fourth-order valence-electron chi connectivity index (χ4n) is 1.19. The van der Waals surface area contributed by atoms with Crippen LogP contribution in [0.15, 0.2) is 24.7 Å². The Balaban J connectivity index is 2.48. The second-order valence-corrected chi connectivity index (χ2v) is 3.58. The minimum absolute atomic E-state index is 0.0999. The lowest BCUT2D eigenvalue weighted by atomic mass is 10.4. The molecule has 2 aromatic heterocycles. The molecule has 5 heteroatoms. The lowest BCUT2D eigenvalue weighted by molar-refractivity contribution is 1.10. The zero-order chi connectivity index (χ0) is 9.26. The van der Waals surface area contributed by atoms with Crippen LogP contribution in [-0.2, 0) is 0 Å². The van der Waals surface area contributed by atoms with Gasteiger partial charge in [0.25, 0.3) is 0 Å². The van der Waals surface area contributed by atoms with E-state index in [1.54, 1.807) is 6.33 Å². The van der Waals surface area contributed by atoms with Gasteiger partial charge in [-0.2, -0.15) is 12.6 Å². The predicted octanol–water partition coefficient (Wildman–Crippen LogP) is 1.42. The van der Waals surface area contributed by atoms with Crippen LogP contribution in [0.3, 0.4) is 0 Å². The fraction of sp³-hybridized carbons (Fsp3) is 0.250. The summed E-state index contributed by atoms with van der Waals surface area (Å²) in [7, 11) is 0. The van der Waals surface area contributed by atoms with Crippen molar-refractivity contribution in [2.75, 3.05) is 5.32 Å². The Labute approximate surface area is 81.4 Å². The van der Waals surface area contributed by atoms with Crippen LogP contribution in [-0.4, -0.2) is 20.0 Å². The van der Waals surface area contributed by atoms with Crippen LogP contribution in [0.1, 0.15) is 6.92 Å². The third-order valence-corrected chi connectivity index (χ3v) is 1.82. The third-order valence-electron chi connectivity index (χ3n) is 1.69. The SMILES string of the molecule is CC(S)Nc1cccn2cnnc12. The second kappa shape index (κ2) is 3.26. The highest BCUT2D eigenvalue weighted by Gasteiger charge is 2.03. The van der Waals surface area contributed by atoms with Gasteiger partial charge in [0.2, 0.25) is 0 Å². The van der Waals surface area contributed by atoms with E-state index >= 15 is 0 Å². The summed E-state index contributed by atoms with van der Waals surface area (Å²) in [4.78, 5) is 0. The first-order chi connectivity index (χ1) is 6.27. The van der Waals surface area contributed by atoms with Crippen LogP contribution in [0.2, 0.25) is 0 Å². The quantitative estimate of drug-likeness (QED) is 0.561. The lowest BCUT2D eigenvalue weighted by Crippen LogP contribution is -2.07. The van der Waals surface area contributed by atoms with E-state index in [-0.39, 0.29) is 5.37 Å². The highest BCUT2D eigenvalue weighted by atomic mass is 32.1. The molecule has 0 fully saturated rings. The van der Waals surface area contributed by atoms with Gasteiger partial charge in [-0.3, -0.25) is 4.40 Å². The average Bonchev–Trinajstić information content (AvgIpc) is 2.51. The number of aromatic nitrogens is 3. The monoisotopic (exact) mass is 194 g/mol. The van der Waals surface area contributed by atoms with Crippen LogP contribution in [0.25, 0.3) is 5.65 Å². The van der Waals surface area contributed by atoms with Gasteiger partial charge < -0.3 is 5.32 Å². The first-order valence-corrected chi connectivity index (χ1v) is 4.52. The summed E-state index contributed by atoms with van der Waals surface area (Å²) in [5, 5.41) is 11.1. The van der Waals surface area contributed by atoms with Gasteiger partial charge in [-0.25, -0.2) is 0 Å². The highest BCUT2D eigenvalue weighted by molar-refractivity contribution is 7.81. The van der Waals surface area contributed by atoms with Crippen molar-refractivity contribution >= 4 is 24.0 Å². The highest BCUT2D eigenvalue weighted by Crippen LogP contribution is 2.14. The van der Waals surface area contributed by atoms with Gasteiger partial charge in [0.1, 0.15) is 6.33 Å². The summed E-state index contributed by atoms with van der Waals surface area (Å²) < 4.78 is 1.86. The van der Waals surface area contributed by atoms with E-state index in [1.165, 1.54) is 0 Å². The molecule has 2 rings (SSSR count). The summed E-state index contributed by atoms with van der Waals surface area (Å²) in [5.41, 5.74) is 1.77.